The summed E-state index contributed by atoms with van der Waals surface area (Å²) >= 11 is 0. The van der Waals surface area contributed by atoms with Gasteiger partial charge in [0.05, 0.1) is 0 Å². The number of hydrogen-bond donors (Lipinski definition) is 0. The molecule has 0 spiro atoms. The number of rotatable bonds is 0. The summed E-state index contributed by atoms with van der Waals surface area (Å²) in [5.74, 6) is 0.369. The van der Waals surface area contributed by atoms with Gasteiger partial charge in [0, 0.05) is 29.9 Å². The Balaban J connectivity index is 2.15. The summed E-state index contributed by atoms with van der Waals surface area (Å²) in [6, 6.07) is 2.15. The van der Waals surface area contributed by atoms with E-state index >= 15 is 0 Å². The number of carbonyl (C=O) groups is 1. The number of aryl methyl sites for hydroxylation is 1. The predicted octanol–water partition coefficient (Wildman–Crippen LogP) is 2.34. The average Bonchev–Trinajstić information content (AvgIpc) is 2.59. The van der Waals surface area contributed by atoms with Crippen molar-refractivity contribution in [1.82, 2.24) is 4.57 Å². The van der Waals surface area contributed by atoms with Crippen LogP contribution in [0.25, 0.3) is 0 Å². The second kappa shape index (κ2) is 2.97. The summed E-state index contributed by atoms with van der Waals surface area (Å²) in [6.45, 7) is 1.14. The minimum Gasteiger partial charge on any atom is -0.348 e. The van der Waals surface area contributed by atoms with E-state index in [-0.39, 0.29) is 0 Å². The highest BCUT2D eigenvalue weighted by atomic mass is 16.1. The van der Waals surface area contributed by atoms with Gasteiger partial charge in [-0.25, -0.2) is 0 Å². The molecule has 1 aliphatic carbocycles. The molecule has 0 bridgehead atoms. The van der Waals surface area contributed by atoms with Crippen molar-refractivity contribution in [3.63, 3.8) is 0 Å². The number of hydrogen-bond acceptors (Lipinski definition) is 1. The van der Waals surface area contributed by atoms with Gasteiger partial charge in [-0.2, -0.15) is 0 Å². The second-order valence-electron chi connectivity index (χ2n) is 4.38. The predicted molar refractivity (Wildman–Crippen MR) is 54.6 cm³/mol. The highest BCUT2D eigenvalue weighted by Gasteiger charge is 2.24. The molecular formula is C12H15NO. The third-order valence-electron chi connectivity index (χ3n) is 3.48. The van der Waals surface area contributed by atoms with Crippen molar-refractivity contribution in [2.75, 3.05) is 0 Å². The first-order chi connectivity index (χ1) is 6.86. The number of Topliss-reactive ketones (excluding diaryl/α,β-unsaturated/α-hetero) is 1. The van der Waals surface area contributed by atoms with Crippen LogP contribution < -0.4 is 0 Å². The van der Waals surface area contributed by atoms with Crippen molar-refractivity contribution < 1.29 is 4.79 Å². The van der Waals surface area contributed by atoms with Crippen LogP contribution in [0.5, 0.6) is 0 Å². The number of fused-ring (bicyclic) bond motifs is 3. The van der Waals surface area contributed by atoms with Gasteiger partial charge < -0.3 is 4.57 Å². The molecule has 1 aliphatic heterocycles. The highest BCUT2D eigenvalue weighted by molar-refractivity contribution is 5.98. The average molecular weight is 189 g/mol. The molecule has 0 atom stereocenters. The van der Waals surface area contributed by atoms with E-state index in [1.54, 1.807) is 0 Å². The fourth-order valence-electron chi connectivity index (χ4n) is 2.77. The van der Waals surface area contributed by atoms with Crippen LogP contribution in [0.4, 0.5) is 0 Å². The molecule has 1 aromatic heterocycles. The first kappa shape index (κ1) is 8.27. The molecule has 3 rings (SSSR count). The largest absolute Gasteiger partial charge is 0.348 e. The molecule has 0 unspecified atom stereocenters. The van der Waals surface area contributed by atoms with E-state index in [0.717, 1.165) is 31.4 Å². The molecule has 0 fully saturated rings. The maximum atomic E-state index is 11.7. The van der Waals surface area contributed by atoms with E-state index in [0.29, 0.717) is 5.78 Å². The van der Waals surface area contributed by atoms with Crippen LogP contribution in [-0.2, 0) is 19.4 Å². The fraction of sp³-hybridized carbons (Fsp3) is 0.583. The van der Waals surface area contributed by atoms with E-state index in [1.807, 2.05) is 0 Å². The normalized spacial score (nSPS) is 20.4. The van der Waals surface area contributed by atoms with Crippen molar-refractivity contribution in [1.29, 1.82) is 0 Å². The Bertz CT molecular complexity index is 389. The SMILES string of the molecule is O=C1CCCc2c1cc1n2CCCC1. The lowest BCUT2D eigenvalue weighted by molar-refractivity contribution is 0.0971. The molecule has 0 saturated heterocycles. The quantitative estimate of drug-likeness (QED) is 0.614. The molecule has 2 heteroatoms. The first-order valence-corrected chi connectivity index (χ1v) is 5.61. The van der Waals surface area contributed by atoms with Crippen molar-refractivity contribution >= 4 is 5.78 Å². The summed E-state index contributed by atoms with van der Waals surface area (Å²) in [5.41, 5.74) is 3.76. The molecule has 0 N–H and O–H groups in total. The van der Waals surface area contributed by atoms with Crippen LogP contribution in [0.15, 0.2) is 6.07 Å². The molecule has 0 saturated carbocycles. The van der Waals surface area contributed by atoms with Gasteiger partial charge >= 0.3 is 0 Å². The van der Waals surface area contributed by atoms with Crippen molar-refractivity contribution in [2.24, 2.45) is 0 Å². The Labute approximate surface area is 83.9 Å². The first-order valence-electron chi connectivity index (χ1n) is 5.61. The fourth-order valence-corrected chi connectivity index (χ4v) is 2.77. The summed E-state index contributed by atoms with van der Waals surface area (Å²) in [5, 5.41) is 0. The van der Waals surface area contributed by atoms with E-state index in [4.69, 9.17) is 0 Å². The number of ketones is 1. The van der Waals surface area contributed by atoms with Crippen LogP contribution >= 0.6 is 0 Å². The van der Waals surface area contributed by atoms with Crippen LogP contribution in [0.3, 0.4) is 0 Å². The van der Waals surface area contributed by atoms with Crippen molar-refractivity contribution in [3.8, 4) is 0 Å². The van der Waals surface area contributed by atoms with E-state index in [9.17, 15) is 4.79 Å². The van der Waals surface area contributed by atoms with E-state index in [1.165, 1.54) is 30.7 Å². The molecule has 0 amide bonds. The molecule has 2 aliphatic rings. The van der Waals surface area contributed by atoms with Gasteiger partial charge in [0.25, 0.3) is 0 Å². The zero-order chi connectivity index (χ0) is 9.54. The minimum atomic E-state index is 0.369. The molecule has 2 heterocycles. The van der Waals surface area contributed by atoms with Crippen LogP contribution in [0.1, 0.15) is 47.4 Å². The van der Waals surface area contributed by atoms with Gasteiger partial charge in [0.1, 0.15) is 0 Å². The standard InChI is InChI=1S/C12H15NO/c14-12-6-3-5-11-10(12)8-9-4-1-2-7-13(9)11/h8H,1-7H2. The van der Waals surface area contributed by atoms with E-state index < -0.39 is 0 Å². The van der Waals surface area contributed by atoms with Gasteiger partial charge in [-0.3, -0.25) is 4.79 Å². The third kappa shape index (κ3) is 1.06. The van der Waals surface area contributed by atoms with Crippen LogP contribution in [-0.4, -0.2) is 10.4 Å². The molecule has 0 aromatic carbocycles. The van der Waals surface area contributed by atoms with Crippen molar-refractivity contribution in [3.05, 3.63) is 23.0 Å². The monoisotopic (exact) mass is 189 g/mol. The Morgan fingerprint density at radius 3 is 2.93 bits per heavy atom. The topological polar surface area (TPSA) is 22.0 Å². The Hall–Kier alpha value is -1.05. The zero-order valence-corrected chi connectivity index (χ0v) is 8.38. The smallest absolute Gasteiger partial charge is 0.164 e. The molecule has 1 aromatic rings. The lowest BCUT2D eigenvalue weighted by Gasteiger charge is -2.19. The Morgan fingerprint density at radius 1 is 1.07 bits per heavy atom. The molecular weight excluding hydrogens is 174 g/mol. The second-order valence-corrected chi connectivity index (χ2v) is 4.38. The number of nitrogens with zero attached hydrogens (tertiary/aromatic N) is 1. The molecule has 2 nitrogen and oxygen atoms in total. The lowest BCUT2D eigenvalue weighted by atomic mass is 9.97. The summed E-state index contributed by atoms with van der Waals surface area (Å²) in [4.78, 5) is 11.7. The Morgan fingerprint density at radius 2 is 2.00 bits per heavy atom. The van der Waals surface area contributed by atoms with Gasteiger partial charge in [0.15, 0.2) is 5.78 Å². The maximum Gasteiger partial charge on any atom is 0.164 e. The van der Waals surface area contributed by atoms with Crippen molar-refractivity contribution in [2.45, 2.75) is 45.1 Å². The van der Waals surface area contributed by atoms with Crippen LogP contribution in [0, 0.1) is 0 Å². The molecule has 0 radical (unpaired) electrons. The van der Waals surface area contributed by atoms with Gasteiger partial charge in [-0.05, 0) is 38.2 Å². The van der Waals surface area contributed by atoms with Crippen LogP contribution in [0.2, 0.25) is 0 Å². The summed E-state index contributed by atoms with van der Waals surface area (Å²) in [6.07, 6.45) is 6.66. The number of aromatic nitrogens is 1. The number of carbonyl (C=O) groups excluding carboxylic acids is 1. The lowest BCUT2D eigenvalue weighted by Crippen LogP contribution is -2.16. The third-order valence-corrected chi connectivity index (χ3v) is 3.48. The Kier molecular flexibility index (Phi) is 1.76. The molecule has 14 heavy (non-hydrogen) atoms. The summed E-state index contributed by atoms with van der Waals surface area (Å²) in [7, 11) is 0. The maximum absolute atomic E-state index is 11.7. The van der Waals surface area contributed by atoms with E-state index in [2.05, 4.69) is 10.6 Å². The molecule has 74 valence electrons. The summed E-state index contributed by atoms with van der Waals surface area (Å²) < 4.78 is 2.40. The van der Waals surface area contributed by atoms with Gasteiger partial charge in [0.2, 0.25) is 0 Å². The highest BCUT2D eigenvalue weighted by Crippen LogP contribution is 2.28. The minimum absolute atomic E-state index is 0.369. The van der Waals surface area contributed by atoms with Gasteiger partial charge in [-0.1, -0.05) is 0 Å². The van der Waals surface area contributed by atoms with Gasteiger partial charge in [-0.15, -0.1) is 0 Å². The zero-order valence-electron chi connectivity index (χ0n) is 8.38.